The van der Waals surface area contributed by atoms with Gasteiger partial charge < -0.3 is 31.7 Å². The summed E-state index contributed by atoms with van der Waals surface area (Å²) in [6.45, 7) is 1.11. The number of phenolic OH excluding ortho intramolecular Hbond substituents is 1. The van der Waals surface area contributed by atoms with Crippen LogP contribution in [0.5, 0.6) is 23.0 Å². The Morgan fingerprint density at radius 2 is 1.88 bits per heavy atom. The Morgan fingerprint density at radius 1 is 1.12 bits per heavy atom. The number of aryl methyl sites for hydroxylation is 2. The highest BCUT2D eigenvalue weighted by Gasteiger charge is 2.28. The summed E-state index contributed by atoms with van der Waals surface area (Å²) < 4.78 is 19.4. The summed E-state index contributed by atoms with van der Waals surface area (Å²) in [6, 6.07) is 8.01. The summed E-state index contributed by atoms with van der Waals surface area (Å²) in [7, 11) is 1.55. The fourth-order valence-electron chi connectivity index (χ4n) is 3.62. The number of rotatable bonds is 1. The van der Waals surface area contributed by atoms with Crippen molar-refractivity contribution < 1.29 is 36.3 Å². The number of nitrogens with zero attached hydrogens (tertiary/aromatic N) is 1. The second-order valence-corrected chi connectivity index (χ2v) is 7.06. The molecule has 0 radical (unpaired) electrons. The molecular formula is C19H15BrClNO4. The van der Waals surface area contributed by atoms with Crippen LogP contribution in [0.2, 0.25) is 0 Å². The number of phenols is 1. The molecule has 2 aromatic carbocycles. The van der Waals surface area contributed by atoms with Crippen molar-refractivity contribution in [2.45, 2.75) is 13.0 Å². The lowest BCUT2D eigenvalue weighted by Crippen LogP contribution is -3.00. The lowest BCUT2D eigenvalue weighted by atomic mass is 9.95. The van der Waals surface area contributed by atoms with Crippen LogP contribution in [-0.2, 0) is 13.0 Å². The summed E-state index contributed by atoms with van der Waals surface area (Å²) in [4.78, 5) is 0. The zero-order valence-electron chi connectivity index (χ0n) is 13.9. The Labute approximate surface area is 164 Å². The minimum absolute atomic E-state index is 0. The van der Waals surface area contributed by atoms with Gasteiger partial charge in [0.05, 0.1) is 18.1 Å². The smallest absolute Gasteiger partial charge is 0.231 e. The van der Waals surface area contributed by atoms with Crippen LogP contribution >= 0.6 is 15.9 Å². The van der Waals surface area contributed by atoms with Gasteiger partial charge in [0.25, 0.3) is 0 Å². The number of hydrogen-bond acceptors (Lipinski definition) is 4. The summed E-state index contributed by atoms with van der Waals surface area (Å²) in [5, 5.41) is 12.2. The van der Waals surface area contributed by atoms with Crippen LogP contribution in [0.15, 0.2) is 34.9 Å². The molecule has 134 valence electrons. The van der Waals surface area contributed by atoms with Gasteiger partial charge in [-0.15, -0.1) is 0 Å². The molecule has 0 aliphatic carbocycles. The molecule has 0 bridgehead atoms. The number of hydrogen-bond donors (Lipinski definition) is 1. The van der Waals surface area contributed by atoms with E-state index in [0.29, 0.717) is 5.75 Å². The number of pyridine rings is 1. The number of halogens is 2. The highest BCUT2D eigenvalue weighted by atomic mass is 79.9. The van der Waals surface area contributed by atoms with Gasteiger partial charge in [-0.3, -0.25) is 0 Å². The molecule has 3 aromatic rings. The predicted octanol–water partition coefficient (Wildman–Crippen LogP) is 0.560. The summed E-state index contributed by atoms with van der Waals surface area (Å²) in [6.07, 6.45) is 2.89. The molecule has 26 heavy (non-hydrogen) atoms. The average Bonchev–Trinajstić information content (AvgIpc) is 3.09. The Kier molecular flexibility index (Phi) is 4.12. The van der Waals surface area contributed by atoms with Gasteiger partial charge in [0.2, 0.25) is 12.5 Å². The highest BCUT2D eigenvalue weighted by molar-refractivity contribution is 9.10. The molecule has 1 N–H and O–H groups in total. The van der Waals surface area contributed by atoms with Crippen LogP contribution in [0.25, 0.3) is 22.0 Å². The Balaban J connectivity index is 0.00000168. The Morgan fingerprint density at radius 3 is 2.65 bits per heavy atom. The average molecular weight is 437 g/mol. The molecule has 0 amide bonds. The van der Waals surface area contributed by atoms with Crippen LogP contribution in [0.1, 0.15) is 5.56 Å². The standard InChI is InChI=1S/C19H14BrNO4.ClH/c1-23-18-7-14(20)12-5-15-11-6-17-16(24-9-25-17)4-10(11)2-3-21(15)8-13(12)19(18)22;/h4-8H,2-3,9H2,1H3;1H. The molecule has 3 heterocycles. The monoisotopic (exact) mass is 435 g/mol. The van der Waals surface area contributed by atoms with E-state index in [1.54, 1.807) is 13.2 Å². The van der Waals surface area contributed by atoms with Gasteiger partial charge in [-0.25, -0.2) is 0 Å². The molecule has 7 heteroatoms. The van der Waals surface area contributed by atoms with Crippen LogP contribution in [0.3, 0.4) is 0 Å². The molecule has 2 aliphatic heterocycles. The molecule has 0 atom stereocenters. The lowest BCUT2D eigenvalue weighted by Gasteiger charge is -2.17. The first kappa shape index (κ1) is 17.2. The maximum Gasteiger partial charge on any atom is 0.231 e. The first-order valence-electron chi connectivity index (χ1n) is 8.01. The fourth-order valence-corrected chi connectivity index (χ4v) is 4.15. The minimum Gasteiger partial charge on any atom is -1.00 e. The molecule has 0 unspecified atom stereocenters. The van der Waals surface area contributed by atoms with Crippen molar-refractivity contribution in [2.24, 2.45) is 0 Å². The van der Waals surface area contributed by atoms with Crippen LogP contribution in [-0.4, -0.2) is 19.0 Å². The van der Waals surface area contributed by atoms with E-state index in [1.807, 2.05) is 12.3 Å². The quantitative estimate of drug-likeness (QED) is 0.567. The second kappa shape index (κ2) is 6.21. The first-order valence-corrected chi connectivity index (χ1v) is 8.80. The van der Waals surface area contributed by atoms with Gasteiger partial charge >= 0.3 is 0 Å². The molecular weight excluding hydrogens is 422 g/mol. The van der Waals surface area contributed by atoms with Crippen molar-refractivity contribution in [1.82, 2.24) is 0 Å². The van der Waals surface area contributed by atoms with Crippen molar-refractivity contribution in [1.29, 1.82) is 0 Å². The van der Waals surface area contributed by atoms with Crippen molar-refractivity contribution in [2.75, 3.05) is 13.9 Å². The van der Waals surface area contributed by atoms with Crippen molar-refractivity contribution in [3.63, 3.8) is 0 Å². The number of fused-ring (bicyclic) bond motifs is 5. The molecule has 0 fully saturated rings. The van der Waals surface area contributed by atoms with Crippen LogP contribution in [0, 0.1) is 0 Å². The van der Waals surface area contributed by atoms with Crippen molar-refractivity contribution >= 4 is 26.7 Å². The number of aromatic hydroxyl groups is 1. The zero-order chi connectivity index (χ0) is 17.1. The molecule has 0 spiro atoms. The number of benzene rings is 2. The molecule has 1 aromatic heterocycles. The van der Waals surface area contributed by atoms with E-state index >= 15 is 0 Å². The fraction of sp³-hybridized carbons (Fsp3) is 0.211. The largest absolute Gasteiger partial charge is 1.00 e. The van der Waals surface area contributed by atoms with E-state index < -0.39 is 0 Å². The van der Waals surface area contributed by atoms with Gasteiger partial charge in [0.15, 0.2) is 35.7 Å². The lowest BCUT2D eigenvalue weighted by molar-refractivity contribution is -0.686. The molecule has 0 saturated carbocycles. The Bertz CT molecular complexity index is 1050. The topological polar surface area (TPSA) is 51.8 Å². The maximum absolute atomic E-state index is 10.5. The highest BCUT2D eigenvalue weighted by Crippen LogP contribution is 2.43. The maximum atomic E-state index is 10.5. The second-order valence-electron chi connectivity index (χ2n) is 6.20. The minimum atomic E-state index is 0. The molecule has 5 nitrogen and oxygen atoms in total. The third kappa shape index (κ3) is 2.40. The van der Waals surface area contributed by atoms with Crippen molar-refractivity contribution in [3.8, 4) is 34.3 Å². The van der Waals surface area contributed by atoms with Gasteiger partial charge in [0.1, 0.15) is 0 Å². The van der Waals surface area contributed by atoms with Gasteiger partial charge in [-0.1, -0.05) is 15.9 Å². The van der Waals surface area contributed by atoms with Gasteiger partial charge in [-0.05, 0) is 23.8 Å². The van der Waals surface area contributed by atoms with Gasteiger partial charge in [0, 0.05) is 22.3 Å². The van der Waals surface area contributed by atoms with Gasteiger partial charge in [-0.2, -0.15) is 4.57 Å². The van der Waals surface area contributed by atoms with Crippen LogP contribution in [0.4, 0.5) is 0 Å². The summed E-state index contributed by atoms with van der Waals surface area (Å²) >= 11 is 3.60. The molecule has 0 saturated heterocycles. The summed E-state index contributed by atoms with van der Waals surface area (Å²) in [5.41, 5.74) is 3.48. The SMILES string of the molecule is COc1cc(Br)c2cc3[n+](cc2c1O)CCc1cc2c(cc1-3)OCO2.[Cl-]. The Hall–Kier alpha value is -2.18. The number of aromatic nitrogens is 1. The molecule has 2 aliphatic rings. The van der Waals surface area contributed by atoms with E-state index in [2.05, 4.69) is 32.6 Å². The number of ether oxygens (including phenoxy) is 3. The van der Waals surface area contributed by atoms with Crippen LogP contribution < -0.4 is 31.2 Å². The zero-order valence-corrected chi connectivity index (χ0v) is 16.2. The van der Waals surface area contributed by atoms with E-state index in [1.165, 1.54) is 5.56 Å². The van der Waals surface area contributed by atoms with E-state index in [-0.39, 0.29) is 24.9 Å². The number of methoxy groups -OCH3 is 1. The summed E-state index contributed by atoms with van der Waals surface area (Å²) in [5.74, 6) is 2.22. The molecule has 5 rings (SSSR count). The first-order chi connectivity index (χ1) is 12.2. The van der Waals surface area contributed by atoms with E-state index in [4.69, 9.17) is 14.2 Å². The third-order valence-corrected chi connectivity index (χ3v) is 5.54. The normalized spacial score (nSPS) is 13.8. The van der Waals surface area contributed by atoms with E-state index in [9.17, 15) is 5.11 Å². The van der Waals surface area contributed by atoms with E-state index in [0.717, 1.165) is 51.0 Å². The predicted molar refractivity (Wildman–Crippen MR) is 95.3 cm³/mol. The third-order valence-electron chi connectivity index (χ3n) is 4.89. The van der Waals surface area contributed by atoms with Crippen molar-refractivity contribution in [3.05, 3.63) is 40.5 Å².